The molecule has 1 aliphatic heterocycles. The van der Waals surface area contributed by atoms with Gasteiger partial charge in [0.15, 0.2) is 17.6 Å². The first-order valence-electron chi connectivity index (χ1n) is 13.2. The van der Waals surface area contributed by atoms with Crippen molar-refractivity contribution in [1.29, 1.82) is 0 Å². The fourth-order valence-electron chi connectivity index (χ4n) is 5.43. The summed E-state index contributed by atoms with van der Waals surface area (Å²) >= 11 is 0. The van der Waals surface area contributed by atoms with Gasteiger partial charge < -0.3 is 24.2 Å². The van der Waals surface area contributed by atoms with Gasteiger partial charge in [-0.15, -0.1) is 0 Å². The topological polar surface area (TPSA) is 85.3 Å². The zero-order chi connectivity index (χ0) is 27.4. The van der Waals surface area contributed by atoms with E-state index in [1.807, 2.05) is 36.4 Å². The van der Waals surface area contributed by atoms with Crippen molar-refractivity contribution in [3.05, 3.63) is 94.8 Å². The van der Waals surface area contributed by atoms with Gasteiger partial charge in [-0.25, -0.2) is 9.18 Å². The molecule has 0 saturated heterocycles. The molecule has 1 saturated carbocycles. The Kier molecular flexibility index (Phi) is 8.12. The number of fused-ring (bicyclic) bond motifs is 1. The van der Waals surface area contributed by atoms with Gasteiger partial charge in [0.1, 0.15) is 18.5 Å². The predicted octanol–water partition coefficient (Wildman–Crippen LogP) is 5.45. The van der Waals surface area contributed by atoms with Crippen LogP contribution in [0.5, 0.6) is 11.5 Å². The van der Waals surface area contributed by atoms with Crippen molar-refractivity contribution < 1.29 is 33.3 Å². The van der Waals surface area contributed by atoms with E-state index < -0.39 is 23.9 Å². The van der Waals surface area contributed by atoms with Gasteiger partial charge in [-0.1, -0.05) is 67.4 Å². The number of rotatable bonds is 9. The van der Waals surface area contributed by atoms with Crippen LogP contribution in [0.15, 0.2) is 66.7 Å². The molecule has 1 heterocycles. The summed E-state index contributed by atoms with van der Waals surface area (Å²) in [6.07, 6.45) is 2.94. The molecule has 7 nitrogen and oxygen atoms in total. The SMILES string of the molecule is COc1ccc2c(c1OCc1ccccc1F)C[C@H](C(=O)O)N(C(=O)C(OC1CCCC1)c1ccccc1)C2. The van der Waals surface area contributed by atoms with Gasteiger partial charge in [0.05, 0.1) is 13.2 Å². The zero-order valence-electron chi connectivity index (χ0n) is 21.8. The number of hydrogen-bond donors (Lipinski definition) is 1. The van der Waals surface area contributed by atoms with Crippen molar-refractivity contribution in [2.75, 3.05) is 7.11 Å². The van der Waals surface area contributed by atoms with E-state index in [1.54, 1.807) is 24.3 Å². The van der Waals surface area contributed by atoms with E-state index in [-0.39, 0.29) is 31.6 Å². The quantitative estimate of drug-likeness (QED) is 0.394. The van der Waals surface area contributed by atoms with E-state index in [0.717, 1.165) is 31.2 Å². The largest absolute Gasteiger partial charge is 0.493 e. The minimum Gasteiger partial charge on any atom is -0.493 e. The number of nitrogens with zero attached hydrogens (tertiary/aromatic N) is 1. The first-order chi connectivity index (χ1) is 19.0. The molecule has 1 N–H and O–H groups in total. The average molecular weight is 534 g/mol. The van der Waals surface area contributed by atoms with Crippen molar-refractivity contribution >= 4 is 11.9 Å². The Bertz CT molecular complexity index is 1320. The van der Waals surface area contributed by atoms with Crippen LogP contribution in [-0.2, 0) is 33.9 Å². The van der Waals surface area contributed by atoms with Gasteiger partial charge >= 0.3 is 5.97 Å². The van der Waals surface area contributed by atoms with Gasteiger partial charge in [0, 0.05) is 24.1 Å². The van der Waals surface area contributed by atoms with Crippen molar-refractivity contribution in [3.8, 4) is 11.5 Å². The Hall–Kier alpha value is -3.91. The highest BCUT2D eigenvalue weighted by atomic mass is 19.1. The van der Waals surface area contributed by atoms with Crippen LogP contribution >= 0.6 is 0 Å². The molecule has 8 heteroatoms. The molecule has 2 aliphatic rings. The van der Waals surface area contributed by atoms with Crippen LogP contribution in [0, 0.1) is 5.82 Å². The monoisotopic (exact) mass is 533 g/mol. The lowest BCUT2D eigenvalue weighted by Gasteiger charge is -2.37. The van der Waals surface area contributed by atoms with Crippen LogP contribution < -0.4 is 9.47 Å². The number of aliphatic carboxylic acids is 1. The highest BCUT2D eigenvalue weighted by molar-refractivity contribution is 5.88. The molecule has 1 unspecified atom stereocenters. The molecule has 1 aliphatic carbocycles. The second-order valence-corrected chi connectivity index (χ2v) is 9.97. The summed E-state index contributed by atoms with van der Waals surface area (Å²) in [7, 11) is 1.50. The number of carboxylic acid groups (broad SMARTS) is 1. The number of halogens is 1. The lowest BCUT2D eigenvalue weighted by molar-refractivity contribution is -0.160. The summed E-state index contributed by atoms with van der Waals surface area (Å²) in [6.45, 7) is 0.0216. The van der Waals surface area contributed by atoms with Crippen molar-refractivity contribution in [2.45, 2.75) is 63.5 Å². The Balaban J connectivity index is 1.46. The molecular weight excluding hydrogens is 501 g/mol. The molecule has 0 radical (unpaired) electrons. The number of carbonyl (C=O) groups is 2. The van der Waals surface area contributed by atoms with E-state index >= 15 is 0 Å². The van der Waals surface area contributed by atoms with Crippen molar-refractivity contribution in [3.63, 3.8) is 0 Å². The molecule has 1 fully saturated rings. The normalized spacial score (nSPS) is 17.9. The third kappa shape index (κ3) is 5.76. The van der Waals surface area contributed by atoms with Crippen LogP contribution in [0.4, 0.5) is 4.39 Å². The number of carbonyl (C=O) groups excluding carboxylic acids is 1. The Morgan fingerprint density at radius 2 is 1.74 bits per heavy atom. The fraction of sp³-hybridized carbons (Fsp3) is 0.355. The minimum absolute atomic E-state index is 0.0190. The highest BCUT2D eigenvalue weighted by Gasteiger charge is 2.41. The molecule has 3 aromatic rings. The summed E-state index contributed by atoms with van der Waals surface area (Å²) in [6, 6.07) is 18.0. The van der Waals surface area contributed by atoms with Gasteiger partial charge in [0.2, 0.25) is 0 Å². The molecule has 0 bridgehead atoms. The molecule has 0 spiro atoms. The molecule has 204 valence electrons. The first kappa shape index (κ1) is 26.7. The zero-order valence-corrected chi connectivity index (χ0v) is 21.8. The summed E-state index contributed by atoms with van der Waals surface area (Å²) in [5.74, 6) is -1.12. The average Bonchev–Trinajstić information content (AvgIpc) is 3.48. The molecule has 3 aromatic carbocycles. The predicted molar refractivity (Wildman–Crippen MR) is 142 cm³/mol. The summed E-state index contributed by atoms with van der Waals surface area (Å²) in [5, 5.41) is 10.2. The smallest absolute Gasteiger partial charge is 0.326 e. The Labute approximate surface area is 227 Å². The van der Waals surface area contributed by atoms with Crippen LogP contribution in [0.3, 0.4) is 0 Å². The van der Waals surface area contributed by atoms with E-state index in [4.69, 9.17) is 14.2 Å². The Morgan fingerprint density at radius 3 is 2.44 bits per heavy atom. The van der Waals surface area contributed by atoms with Crippen LogP contribution in [0.1, 0.15) is 54.0 Å². The molecule has 2 atom stereocenters. The van der Waals surface area contributed by atoms with Gasteiger partial charge in [-0.05, 0) is 36.1 Å². The van der Waals surface area contributed by atoms with Gasteiger partial charge in [-0.2, -0.15) is 0 Å². The third-order valence-corrected chi connectivity index (χ3v) is 7.51. The fourth-order valence-corrected chi connectivity index (χ4v) is 5.43. The molecule has 0 aromatic heterocycles. The first-order valence-corrected chi connectivity index (χ1v) is 13.2. The van der Waals surface area contributed by atoms with Crippen LogP contribution in [0.25, 0.3) is 0 Å². The lowest BCUT2D eigenvalue weighted by atomic mass is 9.91. The molecule has 1 amide bonds. The second-order valence-electron chi connectivity index (χ2n) is 9.97. The maximum absolute atomic E-state index is 14.2. The number of amides is 1. The summed E-state index contributed by atoms with van der Waals surface area (Å²) in [4.78, 5) is 27.9. The number of benzene rings is 3. The van der Waals surface area contributed by atoms with E-state index in [1.165, 1.54) is 18.1 Å². The summed E-state index contributed by atoms with van der Waals surface area (Å²) in [5.41, 5.74) is 2.45. The number of hydrogen-bond acceptors (Lipinski definition) is 5. The maximum atomic E-state index is 14.2. The Morgan fingerprint density at radius 1 is 1.03 bits per heavy atom. The summed E-state index contributed by atoms with van der Waals surface area (Å²) < 4.78 is 32.1. The van der Waals surface area contributed by atoms with E-state index in [0.29, 0.717) is 28.2 Å². The highest BCUT2D eigenvalue weighted by Crippen LogP contribution is 2.40. The van der Waals surface area contributed by atoms with Crippen LogP contribution in [-0.4, -0.2) is 41.1 Å². The lowest BCUT2D eigenvalue weighted by Crippen LogP contribution is -2.50. The maximum Gasteiger partial charge on any atom is 0.326 e. The number of methoxy groups -OCH3 is 1. The molecule has 5 rings (SSSR count). The minimum atomic E-state index is -1.13. The molecular formula is C31H32FNO6. The second kappa shape index (κ2) is 11.9. The van der Waals surface area contributed by atoms with Crippen molar-refractivity contribution in [2.24, 2.45) is 0 Å². The standard InChI is InChI=1S/C31H32FNO6/c1-37-27-16-15-21-18-33(30(34)28(20-9-3-2-4-10-20)39-23-12-6-7-13-23)26(31(35)36)17-24(21)29(27)38-19-22-11-5-8-14-25(22)32/h2-5,8-11,14-16,23,26,28H,6-7,12-13,17-19H2,1H3,(H,35,36)/t26-,28?/m1/s1. The third-order valence-electron chi connectivity index (χ3n) is 7.51. The van der Waals surface area contributed by atoms with Gasteiger partial charge in [0.25, 0.3) is 5.91 Å². The number of carboxylic acids is 1. The number of ether oxygens (including phenoxy) is 3. The molecule has 39 heavy (non-hydrogen) atoms. The van der Waals surface area contributed by atoms with E-state index in [9.17, 15) is 19.1 Å². The van der Waals surface area contributed by atoms with Crippen LogP contribution in [0.2, 0.25) is 0 Å². The van der Waals surface area contributed by atoms with Crippen molar-refractivity contribution in [1.82, 2.24) is 4.90 Å². The van der Waals surface area contributed by atoms with Gasteiger partial charge in [-0.3, -0.25) is 4.79 Å². The van der Waals surface area contributed by atoms with E-state index in [2.05, 4.69) is 0 Å².